The number of hydrogen-bond acceptors (Lipinski definition) is 4. The quantitative estimate of drug-likeness (QED) is 0.765. The lowest BCUT2D eigenvalue weighted by Crippen LogP contribution is -2.52. The molecule has 4 nitrogen and oxygen atoms in total. The second kappa shape index (κ2) is 5.83. The summed E-state index contributed by atoms with van der Waals surface area (Å²) in [5.41, 5.74) is -1.35. The fraction of sp³-hybridized carbons (Fsp3) is 0.923. The van der Waals surface area contributed by atoms with E-state index in [1.807, 2.05) is 13.8 Å². The van der Waals surface area contributed by atoms with Gasteiger partial charge in [-0.3, -0.25) is 0 Å². The van der Waals surface area contributed by atoms with Gasteiger partial charge in [-0.2, -0.15) is 0 Å². The number of aliphatic hydroxyl groups is 1. The lowest BCUT2D eigenvalue weighted by molar-refractivity contribution is -0.178. The average Bonchev–Trinajstić information content (AvgIpc) is 2.36. The zero-order valence-electron chi connectivity index (χ0n) is 11.2. The fourth-order valence-corrected chi connectivity index (χ4v) is 2.78. The number of rotatable bonds is 4. The molecule has 0 aromatic heterocycles. The summed E-state index contributed by atoms with van der Waals surface area (Å²) in [6.07, 6.45) is 3.67. The Bertz CT molecular complexity index is 256. The summed E-state index contributed by atoms with van der Waals surface area (Å²) >= 11 is 0. The van der Waals surface area contributed by atoms with E-state index in [4.69, 9.17) is 9.47 Å². The molecular weight excluding hydrogens is 220 g/mol. The Morgan fingerprint density at radius 2 is 1.76 bits per heavy atom. The first-order chi connectivity index (χ1) is 7.96. The molecule has 100 valence electrons. The van der Waals surface area contributed by atoms with Crippen LogP contribution in [-0.2, 0) is 14.3 Å². The topological polar surface area (TPSA) is 55.8 Å². The highest BCUT2D eigenvalue weighted by Gasteiger charge is 2.48. The van der Waals surface area contributed by atoms with Crippen molar-refractivity contribution in [1.29, 1.82) is 0 Å². The molecule has 1 aliphatic carbocycles. The minimum absolute atomic E-state index is 0.0265. The van der Waals surface area contributed by atoms with Gasteiger partial charge in [0.05, 0.1) is 13.2 Å². The van der Waals surface area contributed by atoms with Gasteiger partial charge in [0.2, 0.25) is 0 Å². The molecule has 1 atom stereocenters. The SMILES string of the molecule is COC(=O)C(O)(C(C)C)C1CCC(OC)CC1. The van der Waals surface area contributed by atoms with E-state index in [1.54, 1.807) is 7.11 Å². The fourth-order valence-electron chi connectivity index (χ4n) is 2.78. The summed E-state index contributed by atoms with van der Waals surface area (Å²) in [6.45, 7) is 3.72. The van der Waals surface area contributed by atoms with Crippen molar-refractivity contribution in [2.75, 3.05) is 14.2 Å². The van der Waals surface area contributed by atoms with Crippen molar-refractivity contribution < 1.29 is 19.4 Å². The van der Waals surface area contributed by atoms with Crippen LogP contribution in [-0.4, -0.2) is 37.0 Å². The number of hydrogen-bond donors (Lipinski definition) is 1. The molecule has 0 aliphatic heterocycles. The number of methoxy groups -OCH3 is 2. The van der Waals surface area contributed by atoms with Crippen molar-refractivity contribution >= 4 is 5.97 Å². The van der Waals surface area contributed by atoms with Crippen LogP contribution in [0.2, 0.25) is 0 Å². The van der Waals surface area contributed by atoms with Crippen LogP contribution >= 0.6 is 0 Å². The molecule has 1 saturated carbocycles. The zero-order valence-corrected chi connectivity index (χ0v) is 11.2. The van der Waals surface area contributed by atoms with Gasteiger partial charge in [0.15, 0.2) is 5.60 Å². The highest BCUT2D eigenvalue weighted by molar-refractivity contribution is 5.80. The largest absolute Gasteiger partial charge is 0.467 e. The highest BCUT2D eigenvalue weighted by atomic mass is 16.5. The second-order valence-corrected chi connectivity index (χ2v) is 5.18. The molecule has 1 aliphatic rings. The van der Waals surface area contributed by atoms with Crippen LogP contribution in [0, 0.1) is 11.8 Å². The molecule has 0 radical (unpaired) electrons. The van der Waals surface area contributed by atoms with Gasteiger partial charge in [-0.05, 0) is 37.5 Å². The lowest BCUT2D eigenvalue weighted by Gasteiger charge is -2.40. The molecule has 0 amide bonds. The first-order valence-corrected chi connectivity index (χ1v) is 6.30. The van der Waals surface area contributed by atoms with Crippen molar-refractivity contribution in [3.05, 3.63) is 0 Å². The maximum Gasteiger partial charge on any atom is 0.338 e. The molecule has 0 saturated heterocycles. The molecule has 0 aromatic rings. The van der Waals surface area contributed by atoms with Crippen LogP contribution in [0.15, 0.2) is 0 Å². The van der Waals surface area contributed by atoms with E-state index in [2.05, 4.69) is 0 Å². The van der Waals surface area contributed by atoms with E-state index in [0.29, 0.717) is 0 Å². The van der Waals surface area contributed by atoms with Gasteiger partial charge < -0.3 is 14.6 Å². The Morgan fingerprint density at radius 3 is 2.12 bits per heavy atom. The standard InChI is InChI=1S/C13H24O4/c1-9(2)13(15,12(14)17-4)10-5-7-11(16-3)8-6-10/h9-11,15H,5-8H2,1-4H3. The van der Waals surface area contributed by atoms with Crippen molar-refractivity contribution in [1.82, 2.24) is 0 Å². The molecule has 0 heterocycles. The average molecular weight is 244 g/mol. The van der Waals surface area contributed by atoms with Gasteiger partial charge >= 0.3 is 5.97 Å². The molecule has 0 bridgehead atoms. The first kappa shape index (κ1) is 14.5. The van der Waals surface area contributed by atoms with Crippen LogP contribution in [0.25, 0.3) is 0 Å². The van der Waals surface area contributed by atoms with Gasteiger partial charge in [-0.15, -0.1) is 0 Å². The Balaban J connectivity index is 2.76. The van der Waals surface area contributed by atoms with Crippen molar-refractivity contribution in [2.24, 2.45) is 11.8 Å². The van der Waals surface area contributed by atoms with Gasteiger partial charge in [0, 0.05) is 7.11 Å². The van der Waals surface area contributed by atoms with Crippen LogP contribution in [0.5, 0.6) is 0 Å². The van der Waals surface area contributed by atoms with E-state index in [1.165, 1.54) is 7.11 Å². The number of carbonyl (C=O) groups excluding carboxylic acids is 1. The van der Waals surface area contributed by atoms with E-state index < -0.39 is 11.6 Å². The Morgan fingerprint density at radius 1 is 1.24 bits per heavy atom. The van der Waals surface area contributed by atoms with Gasteiger partial charge in [-0.25, -0.2) is 4.79 Å². The molecule has 1 rings (SSSR count). The Kier molecular flexibility index (Phi) is 4.95. The van der Waals surface area contributed by atoms with Gasteiger partial charge in [0.25, 0.3) is 0 Å². The number of carbonyl (C=O) groups is 1. The van der Waals surface area contributed by atoms with E-state index in [-0.39, 0.29) is 17.9 Å². The lowest BCUT2D eigenvalue weighted by atomic mass is 9.71. The predicted molar refractivity (Wildman–Crippen MR) is 64.6 cm³/mol. The highest BCUT2D eigenvalue weighted by Crippen LogP contribution is 2.38. The molecule has 1 fully saturated rings. The molecular formula is C13H24O4. The second-order valence-electron chi connectivity index (χ2n) is 5.18. The predicted octanol–water partition coefficient (Wildman–Crippen LogP) is 1.75. The normalized spacial score (nSPS) is 28.8. The van der Waals surface area contributed by atoms with Crippen molar-refractivity contribution in [3.63, 3.8) is 0 Å². The maximum absolute atomic E-state index is 11.8. The summed E-state index contributed by atoms with van der Waals surface area (Å²) in [5.74, 6) is -0.672. The summed E-state index contributed by atoms with van der Waals surface area (Å²) in [6, 6.07) is 0. The maximum atomic E-state index is 11.8. The van der Waals surface area contributed by atoms with Crippen molar-refractivity contribution in [3.8, 4) is 0 Å². The summed E-state index contributed by atoms with van der Waals surface area (Å²) in [4.78, 5) is 11.8. The van der Waals surface area contributed by atoms with Crippen molar-refractivity contribution in [2.45, 2.75) is 51.2 Å². The smallest absolute Gasteiger partial charge is 0.338 e. The third-order valence-corrected chi connectivity index (χ3v) is 4.02. The molecule has 17 heavy (non-hydrogen) atoms. The number of ether oxygens (including phenoxy) is 2. The molecule has 0 aromatic carbocycles. The summed E-state index contributed by atoms with van der Waals surface area (Å²) in [7, 11) is 3.04. The van der Waals surface area contributed by atoms with Crippen LogP contribution in [0.4, 0.5) is 0 Å². The summed E-state index contributed by atoms with van der Waals surface area (Å²) in [5, 5.41) is 10.6. The monoisotopic (exact) mass is 244 g/mol. The Hall–Kier alpha value is -0.610. The van der Waals surface area contributed by atoms with E-state index >= 15 is 0 Å². The third kappa shape index (κ3) is 2.80. The van der Waals surface area contributed by atoms with Crippen LogP contribution < -0.4 is 0 Å². The van der Waals surface area contributed by atoms with Gasteiger partial charge in [0.1, 0.15) is 0 Å². The molecule has 1 N–H and O–H groups in total. The van der Waals surface area contributed by atoms with Crippen LogP contribution in [0.1, 0.15) is 39.5 Å². The minimum Gasteiger partial charge on any atom is -0.467 e. The zero-order chi connectivity index (χ0) is 13.1. The van der Waals surface area contributed by atoms with E-state index in [9.17, 15) is 9.90 Å². The van der Waals surface area contributed by atoms with Gasteiger partial charge in [-0.1, -0.05) is 13.8 Å². The molecule has 1 unspecified atom stereocenters. The van der Waals surface area contributed by atoms with Crippen LogP contribution in [0.3, 0.4) is 0 Å². The molecule has 4 heteroatoms. The third-order valence-electron chi connectivity index (χ3n) is 4.02. The number of esters is 1. The first-order valence-electron chi connectivity index (χ1n) is 6.30. The van der Waals surface area contributed by atoms with E-state index in [0.717, 1.165) is 25.7 Å². The summed E-state index contributed by atoms with van der Waals surface area (Å²) < 4.78 is 10.1. The Labute approximate surface area is 103 Å². The molecule has 0 spiro atoms. The minimum atomic E-state index is -1.35.